The number of nitrogens with one attached hydrogen (secondary N) is 2. The highest BCUT2D eigenvalue weighted by atomic mass is 16.5. The van der Waals surface area contributed by atoms with Gasteiger partial charge < -0.3 is 25.0 Å². The number of aliphatic imine (C=N–C) groups is 1. The van der Waals surface area contributed by atoms with Gasteiger partial charge in [-0.05, 0) is 71.2 Å². The van der Waals surface area contributed by atoms with Crippen molar-refractivity contribution < 1.29 is 9.47 Å². The lowest BCUT2D eigenvalue weighted by Gasteiger charge is -2.33. The van der Waals surface area contributed by atoms with Crippen LogP contribution in [-0.4, -0.2) is 63.4 Å². The van der Waals surface area contributed by atoms with Crippen LogP contribution in [-0.2, 0) is 11.3 Å². The molecule has 1 atom stereocenters. The third-order valence-corrected chi connectivity index (χ3v) is 5.69. The van der Waals surface area contributed by atoms with Crippen molar-refractivity contribution in [1.82, 2.24) is 15.5 Å². The average molecular weight is 419 g/mol. The smallest absolute Gasteiger partial charge is 0.191 e. The Labute approximate surface area is 183 Å². The van der Waals surface area contributed by atoms with E-state index >= 15 is 0 Å². The van der Waals surface area contributed by atoms with E-state index in [-0.39, 0.29) is 0 Å². The molecule has 6 heteroatoms. The van der Waals surface area contributed by atoms with Gasteiger partial charge in [-0.25, -0.2) is 0 Å². The second kappa shape index (κ2) is 14.3. The summed E-state index contributed by atoms with van der Waals surface area (Å²) in [5.41, 5.74) is 2.31. The Morgan fingerprint density at radius 3 is 2.83 bits per heavy atom. The molecule has 0 aromatic heterocycles. The van der Waals surface area contributed by atoms with E-state index in [9.17, 15) is 0 Å². The van der Waals surface area contributed by atoms with Gasteiger partial charge in [0.1, 0.15) is 12.4 Å². The van der Waals surface area contributed by atoms with Gasteiger partial charge in [-0.3, -0.25) is 4.99 Å². The quantitative estimate of drug-likeness (QED) is 0.308. The highest BCUT2D eigenvalue weighted by molar-refractivity contribution is 5.79. The molecule has 0 radical (unpaired) electrons. The molecule has 1 aromatic carbocycles. The van der Waals surface area contributed by atoms with E-state index in [0.29, 0.717) is 26.4 Å². The van der Waals surface area contributed by atoms with Crippen molar-refractivity contribution in [2.24, 2.45) is 4.99 Å². The molecule has 6 nitrogen and oxygen atoms in total. The van der Waals surface area contributed by atoms with Crippen LogP contribution in [0.15, 0.2) is 23.2 Å². The van der Waals surface area contributed by atoms with E-state index in [1.165, 1.54) is 44.3 Å². The molecule has 0 amide bonds. The van der Waals surface area contributed by atoms with Crippen LogP contribution >= 0.6 is 0 Å². The Bertz CT molecular complexity index is 636. The first-order chi connectivity index (χ1) is 14.6. The molecule has 1 saturated heterocycles. The van der Waals surface area contributed by atoms with E-state index in [1.807, 2.05) is 14.0 Å². The normalized spacial score (nSPS) is 17.7. The number of piperidine rings is 1. The molecular formula is C24H42N4O2. The van der Waals surface area contributed by atoms with Crippen molar-refractivity contribution in [2.45, 2.75) is 65.5 Å². The van der Waals surface area contributed by atoms with Crippen LogP contribution in [0.4, 0.5) is 0 Å². The number of aryl methyl sites for hydroxylation is 1. The Morgan fingerprint density at radius 2 is 2.07 bits per heavy atom. The van der Waals surface area contributed by atoms with Gasteiger partial charge in [-0.15, -0.1) is 0 Å². The first kappa shape index (κ1) is 24.5. The van der Waals surface area contributed by atoms with Gasteiger partial charge >= 0.3 is 0 Å². The summed E-state index contributed by atoms with van der Waals surface area (Å²) >= 11 is 0. The second-order valence-corrected chi connectivity index (χ2v) is 8.10. The molecule has 1 aliphatic rings. The van der Waals surface area contributed by atoms with Crippen molar-refractivity contribution in [3.63, 3.8) is 0 Å². The molecular weight excluding hydrogens is 376 g/mol. The molecule has 0 saturated carbocycles. The number of likely N-dealkylation sites (tertiary alicyclic amines) is 1. The van der Waals surface area contributed by atoms with E-state index in [4.69, 9.17) is 9.47 Å². The van der Waals surface area contributed by atoms with Gasteiger partial charge in [0.15, 0.2) is 5.96 Å². The van der Waals surface area contributed by atoms with E-state index in [0.717, 1.165) is 36.3 Å². The summed E-state index contributed by atoms with van der Waals surface area (Å²) in [7, 11) is 1.82. The van der Waals surface area contributed by atoms with Gasteiger partial charge in [0, 0.05) is 38.3 Å². The van der Waals surface area contributed by atoms with Crippen molar-refractivity contribution >= 4 is 5.96 Å². The fourth-order valence-electron chi connectivity index (χ4n) is 3.83. The minimum absolute atomic E-state index is 0.562. The molecule has 2 N–H and O–H groups in total. The summed E-state index contributed by atoms with van der Waals surface area (Å²) in [4.78, 5) is 7.00. The Morgan fingerprint density at radius 1 is 1.20 bits per heavy atom. The maximum absolute atomic E-state index is 5.94. The fourth-order valence-corrected chi connectivity index (χ4v) is 3.83. The topological polar surface area (TPSA) is 58.1 Å². The summed E-state index contributed by atoms with van der Waals surface area (Å²) in [5.74, 6) is 1.75. The Kier molecular flexibility index (Phi) is 11.6. The predicted octanol–water partition coefficient (Wildman–Crippen LogP) is 3.73. The lowest BCUT2D eigenvalue weighted by molar-refractivity contribution is 0.110. The zero-order valence-electron chi connectivity index (χ0n) is 19.5. The Hall–Kier alpha value is -1.79. The van der Waals surface area contributed by atoms with Gasteiger partial charge in [-0.1, -0.05) is 18.6 Å². The molecule has 0 aliphatic carbocycles. The van der Waals surface area contributed by atoms with E-state index in [2.05, 4.69) is 52.6 Å². The predicted molar refractivity (Wildman–Crippen MR) is 125 cm³/mol. The molecule has 1 aliphatic heterocycles. The third kappa shape index (κ3) is 8.92. The van der Waals surface area contributed by atoms with Crippen molar-refractivity contribution in [1.29, 1.82) is 0 Å². The van der Waals surface area contributed by atoms with Crippen LogP contribution in [0.3, 0.4) is 0 Å². The van der Waals surface area contributed by atoms with Crippen LogP contribution in [0, 0.1) is 6.92 Å². The number of guanidine groups is 1. The minimum Gasteiger partial charge on any atom is -0.491 e. The fraction of sp³-hybridized carbons (Fsp3) is 0.708. The van der Waals surface area contributed by atoms with Gasteiger partial charge in [0.2, 0.25) is 0 Å². The second-order valence-electron chi connectivity index (χ2n) is 8.10. The lowest BCUT2D eigenvalue weighted by atomic mass is 10.0. The molecule has 1 fully saturated rings. The molecule has 0 bridgehead atoms. The molecule has 0 spiro atoms. The maximum atomic E-state index is 5.94. The molecule has 2 rings (SSSR count). The molecule has 1 unspecified atom stereocenters. The number of ether oxygens (including phenoxy) is 2. The summed E-state index contributed by atoms with van der Waals surface area (Å²) in [5, 5.41) is 6.85. The van der Waals surface area contributed by atoms with E-state index < -0.39 is 0 Å². The first-order valence-electron chi connectivity index (χ1n) is 11.6. The standard InChI is InChI=1S/C24H42N4O2/c1-5-29-16-17-30-23-18-20(2)11-12-22(23)19-27-24(25-4)26-13-7-9-15-28-14-8-6-10-21(28)3/h11-12,18,21H,5-10,13-17,19H2,1-4H3,(H2,25,26,27). The monoisotopic (exact) mass is 418 g/mol. The Balaban J connectivity index is 1.70. The SMILES string of the molecule is CCOCCOc1cc(C)ccc1CNC(=NC)NCCCCN1CCCCC1C. The van der Waals surface area contributed by atoms with Crippen LogP contribution in [0.2, 0.25) is 0 Å². The number of rotatable bonds is 12. The number of unbranched alkanes of at least 4 members (excludes halogenated alkanes) is 1. The average Bonchev–Trinajstić information content (AvgIpc) is 2.75. The van der Waals surface area contributed by atoms with Crippen molar-refractivity contribution in [2.75, 3.05) is 46.5 Å². The van der Waals surface area contributed by atoms with Gasteiger partial charge in [0.05, 0.1) is 6.61 Å². The van der Waals surface area contributed by atoms with Crippen molar-refractivity contribution in [3.05, 3.63) is 29.3 Å². The maximum Gasteiger partial charge on any atom is 0.191 e. The molecule has 30 heavy (non-hydrogen) atoms. The number of hydrogen-bond acceptors (Lipinski definition) is 4. The number of nitrogens with zero attached hydrogens (tertiary/aromatic N) is 2. The summed E-state index contributed by atoms with van der Waals surface area (Å²) in [6, 6.07) is 7.07. The largest absolute Gasteiger partial charge is 0.491 e. The van der Waals surface area contributed by atoms with Crippen LogP contribution in [0.1, 0.15) is 57.1 Å². The molecule has 1 heterocycles. The van der Waals surface area contributed by atoms with Crippen molar-refractivity contribution in [3.8, 4) is 5.75 Å². The van der Waals surface area contributed by atoms with Crippen LogP contribution in [0.5, 0.6) is 5.75 Å². The highest BCUT2D eigenvalue weighted by Gasteiger charge is 2.17. The zero-order chi connectivity index (χ0) is 21.6. The first-order valence-corrected chi connectivity index (χ1v) is 11.6. The minimum atomic E-state index is 0.562. The van der Waals surface area contributed by atoms with E-state index in [1.54, 1.807) is 0 Å². The van der Waals surface area contributed by atoms with Gasteiger partial charge in [-0.2, -0.15) is 0 Å². The summed E-state index contributed by atoms with van der Waals surface area (Å²) in [6.45, 7) is 12.4. The summed E-state index contributed by atoms with van der Waals surface area (Å²) < 4.78 is 11.3. The third-order valence-electron chi connectivity index (χ3n) is 5.69. The molecule has 1 aromatic rings. The van der Waals surface area contributed by atoms with Crippen LogP contribution < -0.4 is 15.4 Å². The molecule has 170 valence electrons. The number of hydrogen-bond donors (Lipinski definition) is 2. The highest BCUT2D eigenvalue weighted by Crippen LogP contribution is 2.20. The zero-order valence-corrected chi connectivity index (χ0v) is 19.5. The summed E-state index contributed by atoms with van der Waals surface area (Å²) in [6.07, 6.45) is 6.48. The lowest BCUT2D eigenvalue weighted by Crippen LogP contribution is -2.39. The van der Waals surface area contributed by atoms with Gasteiger partial charge in [0.25, 0.3) is 0 Å². The number of benzene rings is 1. The van der Waals surface area contributed by atoms with Crippen LogP contribution in [0.25, 0.3) is 0 Å².